The van der Waals surface area contributed by atoms with Crippen LogP contribution in [0.15, 0.2) is 18.3 Å². The van der Waals surface area contributed by atoms with E-state index in [4.69, 9.17) is 0 Å². The highest BCUT2D eigenvalue weighted by Gasteiger charge is 2.10. The Morgan fingerprint density at radius 2 is 2.50 bits per heavy atom. The average Bonchev–Trinajstić information content (AvgIpc) is 2.59. The maximum absolute atomic E-state index is 3.10. The first-order valence-electron chi connectivity index (χ1n) is 3.36. The molecule has 4 heteroatoms. The molecule has 1 aliphatic heterocycles. The van der Waals surface area contributed by atoms with Crippen molar-refractivity contribution in [2.45, 2.75) is 0 Å². The maximum Gasteiger partial charge on any atom is 0.121 e. The highest BCUT2D eigenvalue weighted by atomic mass is 15.7. The van der Waals surface area contributed by atoms with E-state index in [1.54, 1.807) is 0 Å². The molecule has 0 spiro atoms. The molecule has 2 heterocycles. The van der Waals surface area contributed by atoms with Gasteiger partial charge in [0.1, 0.15) is 5.82 Å². The van der Waals surface area contributed by atoms with Crippen LogP contribution in [0.1, 0.15) is 0 Å². The molecule has 0 atom stereocenters. The van der Waals surface area contributed by atoms with Gasteiger partial charge in [0.25, 0.3) is 0 Å². The van der Waals surface area contributed by atoms with Crippen molar-refractivity contribution >= 4 is 5.82 Å². The van der Waals surface area contributed by atoms with E-state index in [1.807, 2.05) is 23.3 Å². The van der Waals surface area contributed by atoms with E-state index in [-0.39, 0.29) is 0 Å². The van der Waals surface area contributed by atoms with Crippen LogP contribution in [0.25, 0.3) is 0 Å². The van der Waals surface area contributed by atoms with Gasteiger partial charge in [0.05, 0.1) is 6.54 Å². The Morgan fingerprint density at radius 1 is 1.50 bits per heavy atom. The number of hydrogen-bond acceptors (Lipinski definition) is 3. The van der Waals surface area contributed by atoms with Crippen LogP contribution in [0.2, 0.25) is 0 Å². The first-order chi connectivity index (χ1) is 4.97. The van der Waals surface area contributed by atoms with Crippen LogP contribution in [0.5, 0.6) is 0 Å². The molecule has 1 aromatic heterocycles. The van der Waals surface area contributed by atoms with Gasteiger partial charge in [0, 0.05) is 12.7 Å². The molecule has 1 aromatic rings. The number of aromatic nitrogens is 1. The minimum atomic E-state index is 0.985. The number of hydrogen-bond donors (Lipinski definition) is 3. The summed E-state index contributed by atoms with van der Waals surface area (Å²) in [6, 6.07) is 4.01. The SMILES string of the molecule is c1c[nH]c(N2CCNN2)c1. The Morgan fingerprint density at radius 3 is 3.10 bits per heavy atom. The van der Waals surface area contributed by atoms with Gasteiger partial charge in [-0.1, -0.05) is 0 Å². The molecule has 4 nitrogen and oxygen atoms in total. The second kappa shape index (κ2) is 2.32. The standard InChI is InChI=1S/C6H10N4/c1-2-6(7-3-1)10-5-4-8-9-10/h1-3,7-9H,4-5H2. The van der Waals surface area contributed by atoms with Crippen molar-refractivity contribution in [3.63, 3.8) is 0 Å². The molecule has 0 aliphatic carbocycles. The van der Waals surface area contributed by atoms with E-state index in [2.05, 4.69) is 15.9 Å². The summed E-state index contributed by atoms with van der Waals surface area (Å²) >= 11 is 0. The van der Waals surface area contributed by atoms with Gasteiger partial charge < -0.3 is 4.98 Å². The fourth-order valence-corrected chi connectivity index (χ4v) is 1.04. The van der Waals surface area contributed by atoms with E-state index in [1.165, 1.54) is 0 Å². The maximum atomic E-state index is 3.10. The van der Waals surface area contributed by atoms with Crippen LogP contribution in [0.3, 0.4) is 0 Å². The predicted octanol–water partition coefficient (Wildman–Crippen LogP) is -0.156. The third-order valence-electron chi connectivity index (χ3n) is 1.55. The molecule has 0 amide bonds. The van der Waals surface area contributed by atoms with Crippen LogP contribution in [0.4, 0.5) is 5.82 Å². The lowest BCUT2D eigenvalue weighted by molar-refractivity contribution is 0.650. The number of nitrogens with one attached hydrogen (secondary N) is 3. The molecular formula is C6H10N4. The minimum Gasteiger partial charge on any atom is -0.347 e. The average molecular weight is 138 g/mol. The Hall–Kier alpha value is -1.00. The fraction of sp³-hybridized carbons (Fsp3) is 0.333. The van der Waals surface area contributed by atoms with Gasteiger partial charge >= 0.3 is 0 Å². The van der Waals surface area contributed by atoms with E-state index < -0.39 is 0 Å². The van der Waals surface area contributed by atoms with Crippen molar-refractivity contribution in [3.05, 3.63) is 18.3 Å². The molecule has 0 saturated carbocycles. The van der Waals surface area contributed by atoms with Crippen molar-refractivity contribution in [1.82, 2.24) is 15.9 Å². The Bertz CT molecular complexity index is 188. The quantitative estimate of drug-likeness (QED) is 0.505. The summed E-state index contributed by atoms with van der Waals surface area (Å²) < 4.78 is 0. The summed E-state index contributed by atoms with van der Waals surface area (Å²) in [6.45, 7) is 1.99. The molecule has 1 saturated heterocycles. The fourth-order valence-electron chi connectivity index (χ4n) is 1.04. The summed E-state index contributed by atoms with van der Waals surface area (Å²) in [5.74, 6) is 1.10. The van der Waals surface area contributed by atoms with Gasteiger partial charge in [-0.05, 0) is 12.1 Å². The van der Waals surface area contributed by atoms with E-state index in [9.17, 15) is 0 Å². The molecule has 1 fully saturated rings. The Balaban J connectivity index is 2.12. The normalized spacial score (nSPS) is 18.2. The highest BCUT2D eigenvalue weighted by molar-refractivity contribution is 5.37. The first-order valence-corrected chi connectivity index (χ1v) is 3.36. The van der Waals surface area contributed by atoms with Crippen molar-refractivity contribution < 1.29 is 0 Å². The van der Waals surface area contributed by atoms with Gasteiger partial charge in [-0.3, -0.25) is 5.01 Å². The van der Waals surface area contributed by atoms with Crippen LogP contribution >= 0.6 is 0 Å². The molecule has 10 heavy (non-hydrogen) atoms. The largest absolute Gasteiger partial charge is 0.347 e. The molecule has 1 aliphatic rings. The van der Waals surface area contributed by atoms with Gasteiger partial charge in [0.15, 0.2) is 0 Å². The second-order valence-electron chi connectivity index (χ2n) is 2.25. The van der Waals surface area contributed by atoms with Crippen LogP contribution < -0.4 is 16.0 Å². The molecular weight excluding hydrogens is 128 g/mol. The van der Waals surface area contributed by atoms with Gasteiger partial charge in [-0.15, -0.1) is 0 Å². The zero-order valence-corrected chi connectivity index (χ0v) is 5.59. The van der Waals surface area contributed by atoms with E-state index in [0.29, 0.717) is 0 Å². The first kappa shape index (κ1) is 5.76. The zero-order valence-electron chi connectivity index (χ0n) is 5.59. The summed E-state index contributed by atoms with van der Waals surface area (Å²) in [5, 5.41) is 2.03. The summed E-state index contributed by atoms with van der Waals surface area (Å²) in [4.78, 5) is 3.10. The molecule has 3 N–H and O–H groups in total. The third kappa shape index (κ3) is 0.872. The molecule has 0 aromatic carbocycles. The van der Waals surface area contributed by atoms with Crippen LogP contribution in [-0.4, -0.2) is 18.1 Å². The van der Waals surface area contributed by atoms with Gasteiger partial charge in [-0.25, -0.2) is 5.43 Å². The molecule has 54 valence electrons. The van der Waals surface area contributed by atoms with Crippen molar-refractivity contribution in [2.75, 3.05) is 18.1 Å². The lowest BCUT2D eigenvalue weighted by atomic mass is 10.5. The summed E-state index contributed by atoms with van der Waals surface area (Å²) in [6.07, 6.45) is 1.91. The van der Waals surface area contributed by atoms with E-state index in [0.717, 1.165) is 18.9 Å². The Labute approximate surface area is 59.2 Å². The molecule has 2 rings (SSSR count). The monoisotopic (exact) mass is 138 g/mol. The molecule has 0 bridgehead atoms. The van der Waals surface area contributed by atoms with Crippen molar-refractivity contribution in [2.24, 2.45) is 0 Å². The summed E-state index contributed by atoms with van der Waals surface area (Å²) in [5.41, 5.74) is 6.03. The molecule has 0 unspecified atom stereocenters. The number of hydrazine groups is 2. The molecule has 0 radical (unpaired) electrons. The number of aromatic amines is 1. The smallest absolute Gasteiger partial charge is 0.121 e. The van der Waals surface area contributed by atoms with Crippen LogP contribution in [-0.2, 0) is 0 Å². The van der Waals surface area contributed by atoms with Crippen molar-refractivity contribution in [3.8, 4) is 0 Å². The van der Waals surface area contributed by atoms with Gasteiger partial charge in [-0.2, -0.15) is 5.53 Å². The zero-order chi connectivity index (χ0) is 6.81. The van der Waals surface area contributed by atoms with Crippen LogP contribution in [0, 0.1) is 0 Å². The number of rotatable bonds is 1. The lowest BCUT2D eigenvalue weighted by Gasteiger charge is -2.13. The second-order valence-corrected chi connectivity index (χ2v) is 2.25. The number of H-pyrrole nitrogens is 1. The number of anilines is 1. The summed E-state index contributed by atoms with van der Waals surface area (Å²) in [7, 11) is 0. The van der Waals surface area contributed by atoms with E-state index >= 15 is 0 Å². The Kier molecular flexibility index (Phi) is 1.34. The topological polar surface area (TPSA) is 43.1 Å². The van der Waals surface area contributed by atoms with Gasteiger partial charge in [0.2, 0.25) is 0 Å². The van der Waals surface area contributed by atoms with Crippen molar-refractivity contribution in [1.29, 1.82) is 0 Å². The lowest BCUT2D eigenvalue weighted by Crippen LogP contribution is -2.35. The predicted molar refractivity (Wildman–Crippen MR) is 39.3 cm³/mol. The minimum absolute atomic E-state index is 0.985. The highest BCUT2D eigenvalue weighted by Crippen LogP contribution is 2.07. The third-order valence-corrected chi connectivity index (χ3v) is 1.55. The number of nitrogens with zero attached hydrogens (tertiary/aromatic N) is 1.